The van der Waals surface area contributed by atoms with Crippen molar-refractivity contribution in [3.63, 3.8) is 0 Å². The van der Waals surface area contributed by atoms with Gasteiger partial charge in [0, 0.05) is 6.42 Å². The van der Waals surface area contributed by atoms with E-state index < -0.39 is 30.0 Å². The SMILES string of the molecule is CCC(C)C(NC(=O)OCc1ccccc1)C(=O)NC(Cc1ccsc1)C(=O)NO. The summed E-state index contributed by atoms with van der Waals surface area (Å²) in [7, 11) is 0. The van der Waals surface area contributed by atoms with Crippen molar-refractivity contribution in [1.29, 1.82) is 0 Å². The molecule has 0 aliphatic heterocycles. The third-order valence-electron chi connectivity index (χ3n) is 4.74. The molecule has 0 saturated heterocycles. The van der Waals surface area contributed by atoms with Gasteiger partial charge in [-0.25, -0.2) is 10.3 Å². The number of carbonyl (C=O) groups is 3. The first-order valence-electron chi connectivity index (χ1n) is 9.67. The van der Waals surface area contributed by atoms with Gasteiger partial charge in [0.1, 0.15) is 18.7 Å². The van der Waals surface area contributed by atoms with Crippen LogP contribution in [0.15, 0.2) is 47.2 Å². The first kappa shape index (κ1) is 23.4. The summed E-state index contributed by atoms with van der Waals surface area (Å²) >= 11 is 1.47. The van der Waals surface area contributed by atoms with Gasteiger partial charge in [0.05, 0.1) is 0 Å². The maximum Gasteiger partial charge on any atom is 0.408 e. The van der Waals surface area contributed by atoms with Crippen LogP contribution in [0.25, 0.3) is 0 Å². The maximum absolute atomic E-state index is 12.9. The summed E-state index contributed by atoms with van der Waals surface area (Å²) in [6.07, 6.45) is 0.117. The van der Waals surface area contributed by atoms with Crippen LogP contribution < -0.4 is 16.1 Å². The predicted octanol–water partition coefficient (Wildman–Crippen LogP) is 2.62. The molecule has 2 rings (SSSR count). The lowest BCUT2D eigenvalue weighted by atomic mass is 9.97. The second kappa shape index (κ2) is 11.9. The number of amides is 3. The van der Waals surface area contributed by atoms with Gasteiger partial charge in [0.2, 0.25) is 5.91 Å². The lowest BCUT2D eigenvalue weighted by molar-refractivity contribution is -0.135. The molecular weight excluding hydrogens is 406 g/mol. The molecule has 1 aromatic carbocycles. The molecule has 1 aromatic heterocycles. The van der Waals surface area contributed by atoms with E-state index in [4.69, 9.17) is 9.94 Å². The van der Waals surface area contributed by atoms with E-state index in [2.05, 4.69) is 10.6 Å². The average molecular weight is 434 g/mol. The molecule has 9 heteroatoms. The molecule has 0 aliphatic carbocycles. The Morgan fingerprint density at radius 2 is 1.80 bits per heavy atom. The Balaban J connectivity index is 2.01. The predicted molar refractivity (Wildman–Crippen MR) is 113 cm³/mol. The smallest absolute Gasteiger partial charge is 0.408 e. The maximum atomic E-state index is 12.9. The van der Waals surface area contributed by atoms with E-state index in [1.54, 1.807) is 5.48 Å². The van der Waals surface area contributed by atoms with Crippen molar-refractivity contribution < 1.29 is 24.3 Å². The van der Waals surface area contributed by atoms with E-state index in [0.717, 1.165) is 11.1 Å². The van der Waals surface area contributed by atoms with Crippen molar-refractivity contribution in [1.82, 2.24) is 16.1 Å². The van der Waals surface area contributed by atoms with E-state index >= 15 is 0 Å². The highest BCUT2D eigenvalue weighted by Crippen LogP contribution is 2.12. The van der Waals surface area contributed by atoms with E-state index in [-0.39, 0.29) is 18.9 Å². The normalized spacial score (nSPS) is 13.6. The van der Waals surface area contributed by atoms with Crippen LogP contribution in [0, 0.1) is 5.92 Å². The number of carbonyl (C=O) groups excluding carboxylic acids is 3. The molecular formula is C21H27N3O5S. The summed E-state index contributed by atoms with van der Waals surface area (Å²) in [5, 5.41) is 18.0. The minimum Gasteiger partial charge on any atom is -0.445 e. The highest BCUT2D eigenvalue weighted by atomic mass is 32.1. The van der Waals surface area contributed by atoms with E-state index in [9.17, 15) is 14.4 Å². The number of hydroxylamine groups is 1. The Labute approximate surface area is 179 Å². The fourth-order valence-electron chi connectivity index (χ4n) is 2.79. The lowest BCUT2D eigenvalue weighted by Gasteiger charge is -2.25. The second-order valence-corrected chi connectivity index (χ2v) is 7.72. The summed E-state index contributed by atoms with van der Waals surface area (Å²) in [6.45, 7) is 3.79. The summed E-state index contributed by atoms with van der Waals surface area (Å²) in [5.41, 5.74) is 3.26. The van der Waals surface area contributed by atoms with Gasteiger partial charge in [0.15, 0.2) is 0 Å². The monoisotopic (exact) mass is 433 g/mol. The molecule has 3 atom stereocenters. The molecule has 0 bridgehead atoms. The number of benzene rings is 1. The van der Waals surface area contributed by atoms with Crippen LogP contribution in [-0.4, -0.2) is 35.2 Å². The van der Waals surface area contributed by atoms with Crippen LogP contribution in [0.5, 0.6) is 0 Å². The van der Waals surface area contributed by atoms with Crippen LogP contribution in [0.1, 0.15) is 31.4 Å². The fraction of sp³-hybridized carbons (Fsp3) is 0.381. The molecule has 3 unspecified atom stereocenters. The molecule has 8 nitrogen and oxygen atoms in total. The van der Waals surface area contributed by atoms with E-state index in [0.29, 0.717) is 6.42 Å². The Morgan fingerprint density at radius 3 is 2.40 bits per heavy atom. The molecule has 4 N–H and O–H groups in total. The van der Waals surface area contributed by atoms with E-state index in [1.165, 1.54) is 11.3 Å². The summed E-state index contributed by atoms with van der Waals surface area (Å²) in [6, 6.07) is 9.16. The van der Waals surface area contributed by atoms with Crippen molar-refractivity contribution in [3.05, 3.63) is 58.3 Å². The number of alkyl carbamates (subject to hydrolysis) is 1. The Morgan fingerprint density at radius 1 is 1.07 bits per heavy atom. The molecule has 0 saturated carbocycles. The zero-order chi connectivity index (χ0) is 21.9. The minimum absolute atomic E-state index is 0.0786. The average Bonchev–Trinajstić information content (AvgIpc) is 3.28. The Bertz CT molecular complexity index is 813. The van der Waals surface area contributed by atoms with Crippen LogP contribution in [-0.2, 0) is 27.4 Å². The molecule has 2 aromatic rings. The van der Waals surface area contributed by atoms with Crippen LogP contribution in [0.3, 0.4) is 0 Å². The first-order valence-corrected chi connectivity index (χ1v) is 10.6. The standard InChI is InChI=1S/C21H27N3O5S/c1-3-14(2)18(23-21(27)29-12-15-7-5-4-6-8-15)20(26)22-17(19(25)24-28)11-16-9-10-30-13-16/h4-10,13-14,17-18,28H,3,11-12H2,1-2H3,(H,22,26)(H,23,27)(H,24,25). The third-order valence-corrected chi connectivity index (χ3v) is 5.48. The van der Waals surface area contributed by atoms with Crippen molar-refractivity contribution in [2.45, 2.75) is 45.4 Å². The van der Waals surface area contributed by atoms with Gasteiger partial charge in [-0.3, -0.25) is 14.8 Å². The van der Waals surface area contributed by atoms with Crippen molar-refractivity contribution in [3.8, 4) is 0 Å². The largest absolute Gasteiger partial charge is 0.445 e. The number of ether oxygens (including phenoxy) is 1. The van der Waals surface area contributed by atoms with Gasteiger partial charge >= 0.3 is 6.09 Å². The number of rotatable bonds is 10. The molecule has 3 amide bonds. The Hall–Kier alpha value is -2.91. The first-order chi connectivity index (χ1) is 14.4. The molecule has 162 valence electrons. The molecule has 0 radical (unpaired) electrons. The Kier molecular flexibility index (Phi) is 9.30. The zero-order valence-corrected chi connectivity index (χ0v) is 17.8. The highest BCUT2D eigenvalue weighted by Gasteiger charge is 2.30. The molecule has 0 spiro atoms. The zero-order valence-electron chi connectivity index (χ0n) is 17.0. The quantitative estimate of drug-likeness (QED) is 0.339. The number of hydrogen-bond acceptors (Lipinski definition) is 6. The van der Waals surface area contributed by atoms with Gasteiger partial charge in [-0.2, -0.15) is 11.3 Å². The van der Waals surface area contributed by atoms with Gasteiger partial charge < -0.3 is 15.4 Å². The lowest BCUT2D eigenvalue weighted by Crippen LogP contribution is -2.56. The molecule has 0 aliphatic rings. The van der Waals surface area contributed by atoms with Crippen molar-refractivity contribution >= 4 is 29.2 Å². The van der Waals surface area contributed by atoms with Gasteiger partial charge in [-0.15, -0.1) is 0 Å². The van der Waals surface area contributed by atoms with Gasteiger partial charge in [-0.1, -0.05) is 50.6 Å². The van der Waals surface area contributed by atoms with Crippen LogP contribution in [0.4, 0.5) is 4.79 Å². The summed E-state index contributed by atoms with van der Waals surface area (Å²) < 4.78 is 5.21. The van der Waals surface area contributed by atoms with Crippen molar-refractivity contribution in [2.24, 2.45) is 5.92 Å². The highest BCUT2D eigenvalue weighted by molar-refractivity contribution is 7.07. The number of thiophene rings is 1. The summed E-state index contributed by atoms with van der Waals surface area (Å²) in [5.74, 6) is -1.46. The van der Waals surface area contributed by atoms with Gasteiger partial charge in [0.25, 0.3) is 5.91 Å². The minimum atomic E-state index is -0.981. The van der Waals surface area contributed by atoms with Crippen LogP contribution in [0.2, 0.25) is 0 Å². The second-order valence-electron chi connectivity index (χ2n) is 6.94. The number of nitrogens with one attached hydrogen (secondary N) is 3. The number of hydrogen-bond donors (Lipinski definition) is 4. The summed E-state index contributed by atoms with van der Waals surface area (Å²) in [4.78, 5) is 37.2. The molecule has 30 heavy (non-hydrogen) atoms. The third kappa shape index (κ3) is 7.16. The molecule has 0 fully saturated rings. The van der Waals surface area contributed by atoms with Crippen LogP contribution >= 0.6 is 11.3 Å². The van der Waals surface area contributed by atoms with E-state index in [1.807, 2.05) is 61.0 Å². The van der Waals surface area contributed by atoms with Gasteiger partial charge in [-0.05, 0) is 33.9 Å². The topological polar surface area (TPSA) is 117 Å². The fourth-order valence-corrected chi connectivity index (χ4v) is 3.47. The molecule has 1 heterocycles. The van der Waals surface area contributed by atoms with Crippen molar-refractivity contribution in [2.75, 3.05) is 0 Å².